The monoisotopic (exact) mass is 588 g/mol. The molecule has 226 valence electrons. The molecule has 0 radical (unpaired) electrons. The number of benzene rings is 1. The van der Waals surface area contributed by atoms with E-state index in [1.54, 1.807) is 25.2 Å². The van der Waals surface area contributed by atoms with Gasteiger partial charge in [-0.1, -0.05) is 11.8 Å². The highest BCUT2D eigenvalue weighted by Gasteiger charge is 2.42. The number of anilines is 1. The normalized spacial score (nSPS) is 16.8. The first-order chi connectivity index (χ1) is 20.5. The minimum atomic E-state index is -0.683. The number of carbonyl (C=O) groups is 1. The van der Waals surface area contributed by atoms with E-state index in [0.717, 1.165) is 0 Å². The Morgan fingerprint density at radius 1 is 1.12 bits per heavy atom. The Bertz CT molecular complexity index is 1670. The molecule has 1 aliphatic heterocycles. The first kappa shape index (κ1) is 29.7. The van der Waals surface area contributed by atoms with Crippen LogP contribution in [0.2, 0.25) is 0 Å². The summed E-state index contributed by atoms with van der Waals surface area (Å²) in [6, 6.07) is 4.71. The number of methoxy groups -OCH3 is 2. The Kier molecular flexibility index (Phi) is 8.14. The molecule has 1 aromatic carbocycles. The molecule has 4 heterocycles. The quantitative estimate of drug-likeness (QED) is 0.328. The van der Waals surface area contributed by atoms with Gasteiger partial charge in [0.25, 0.3) is 0 Å². The number of hydrogen-bond donors (Lipinski definition) is 1. The molecule has 0 aliphatic carbocycles. The number of nitrogens with two attached hydrogens (primary N) is 1. The van der Waals surface area contributed by atoms with Gasteiger partial charge in [0.15, 0.2) is 0 Å². The third kappa shape index (κ3) is 6.49. The second-order valence-electron chi connectivity index (χ2n) is 11.6. The number of rotatable bonds is 6. The van der Waals surface area contributed by atoms with Crippen molar-refractivity contribution in [3.63, 3.8) is 0 Å². The second-order valence-corrected chi connectivity index (χ2v) is 11.6. The lowest BCUT2D eigenvalue weighted by molar-refractivity contribution is 0.0199. The fourth-order valence-corrected chi connectivity index (χ4v) is 5.01. The van der Waals surface area contributed by atoms with Crippen LogP contribution >= 0.6 is 0 Å². The van der Waals surface area contributed by atoms with E-state index in [9.17, 15) is 4.79 Å². The maximum absolute atomic E-state index is 13.4. The molecule has 13 heteroatoms. The Morgan fingerprint density at radius 2 is 1.84 bits per heavy atom. The molecule has 0 unspecified atom stereocenters. The molecule has 43 heavy (non-hydrogen) atoms. The predicted octanol–water partition coefficient (Wildman–Crippen LogP) is 3.80. The van der Waals surface area contributed by atoms with Crippen LogP contribution in [0.1, 0.15) is 62.2 Å². The molecular formula is C30H36N8O5. The highest BCUT2D eigenvalue weighted by Crippen LogP contribution is 2.40. The highest BCUT2D eigenvalue weighted by atomic mass is 16.6. The van der Waals surface area contributed by atoms with Gasteiger partial charge >= 0.3 is 6.09 Å². The van der Waals surface area contributed by atoms with Gasteiger partial charge in [0.1, 0.15) is 40.9 Å². The second kappa shape index (κ2) is 11.8. The van der Waals surface area contributed by atoms with E-state index in [2.05, 4.69) is 32.0 Å². The lowest BCUT2D eigenvalue weighted by atomic mass is 10.1. The van der Waals surface area contributed by atoms with Gasteiger partial charge in [0, 0.05) is 24.4 Å². The number of aromatic nitrogens is 5. The zero-order valence-corrected chi connectivity index (χ0v) is 25.4. The molecule has 3 aromatic heterocycles. The number of carbonyl (C=O) groups excluding carboxylic acids is 1. The molecule has 4 aromatic rings. The Morgan fingerprint density at radius 3 is 2.49 bits per heavy atom. The number of likely N-dealkylation sites (tertiary alicyclic amines) is 1. The molecule has 1 amide bonds. The van der Waals surface area contributed by atoms with Gasteiger partial charge < -0.3 is 33.8 Å². The maximum atomic E-state index is 13.4. The number of amides is 1. The van der Waals surface area contributed by atoms with E-state index >= 15 is 0 Å². The van der Waals surface area contributed by atoms with E-state index in [4.69, 9.17) is 24.4 Å². The van der Waals surface area contributed by atoms with Crippen molar-refractivity contribution < 1.29 is 23.4 Å². The number of hydrogen-bond acceptors (Lipinski definition) is 11. The third-order valence-electron chi connectivity index (χ3n) is 6.85. The fraction of sp³-hybridized carbons (Fsp3) is 0.433. The maximum Gasteiger partial charge on any atom is 0.411 e. The topological polar surface area (TPSA) is 147 Å². The summed E-state index contributed by atoms with van der Waals surface area (Å²) < 4.78 is 24.5. The predicted molar refractivity (Wildman–Crippen MR) is 158 cm³/mol. The van der Waals surface area contributed by atoms with E-state index in [-0.39, 0.29) is 6.04 Å². The summed E-state index contributed by atoms with van der Waals surface area (Å²) in [6.45, 7) is 6.29. The summed E-state index contributed by atoms with van der Waals surface area (Å²) in [4.78, 5) is 25.7. The molecule has 0 spiro atoms. The lowest BCUT2D eigenvalue weighted by Gasteiger charge is -2.27. The van der Waals surface area contributed by atoms with Crippen LogP contribution in [0.5, 0.6) is 11.5 Å². The van der Waals surface area contributed by atoms with Crippen LogP contribution in [-0.4, -0.2) is 81.1 Å². The molecule has 13 nitrogen and oxygen atoms in total. The SMILES string of the molecule is COc1cc(C#Cc2cn([C@H]3C[C@@H](c4nnc(CN(C)C)o4)N(C(=O)OC(C)(C)C)C3)c3ncnc(N)c23)cc(OC)c1. The van der Waals surface area contributed by atoms with E-state index in [1.807, 2.05) is 62.7 Å². The van der Waals surface area contributed by atoms with Crippen molar-refractivity contribution in [2.75, 3.05) is 40.6 Å². The van der Waals surface area contributed by atoms with Gasteiger partial charge in [-0.25, -0.2) is 14.8 Å². The van der Waals surface area contributed by atoms with E-state index in [1.165, 1.54) is 6.33 Å². The fourth-order valence-electron chi connectivity index (χ4n) is 5.01. The molecule has 5 rings (SSSR count). The first-order valence-corrected chi connectivity index (χ1v) is 13.8. The molecule has 2 atom stereocenters. The molecule has 1 saturated heterocycles. The largest absolute Gasteiger partial charge is 0.497 e. The van der Waals surface area contributed by atoms with Crippen LogP contribution in [0, 0.1) is 11.8 Å². The summed E-state index contributed by atoms with van der Waals surface area (Å²) in [6.07, 6.45) is 3.33. The zero-order chi connectivity index (χ0) is 30.9. The molecule has 0 saturated carbocycles. The van der Waals surface area contributed by atoms with E-state index in [0.29, 0.717) is 70.8 Å². The average Bonchev–Trinajstić information content (AvgIpc) is 3.68. The van der Waals surface area contributed by atoms with Gasteiger partial charge in [-0.05, 0) is 53.4 Å². The molecule has 0 bridgehead atoms. The van der Waals surface area contributed by atoms with Crippen LogP contribution in [0.15, 0.2) is 35.1 Å². The average molecular weight is 589 g/mol. The van der Waals surface area contributed by atoms with Gasteiger partial charge in [0.05, 0.1) is 37.8 Å². The molecule has 1 fully saturated rings. The van der Waals surface area contributed by atoms with Gasteiger partial charge in [-0.3, -0.25) is 4.90 Å². The van der Waals surface area contributed by atoms with Crippen LogP contribution in [0.3, 0.4) is 0 Å². The van der Waals surface area contributed by atoms with Crippen molar-refractivity contribution in [2.24, 2.45) is 0 Å². The van der Waals surface area contributed by atoms with Crippen molar-refractivity contribution in [1.82, 2.24) is 34.5 Å². The van der Waals surface area contributed by atoms with Crippen LogP contribution in [0.4, 0.5) is 10.6 Å². The summed E-state index contributed by atoms with van der Waals surface area (Å²) >= 11 is 0. The van der Waals surface area contributed by atoms with Gasteiger partial charge in [0.2, 0.25) is 11.8 Å². The minimum absolute atomic E-state index is 0.217. The summed E-state index contributed by atoms with van der Waals surface area (Å²) in [5.41, 5.74) is 7.61. The lowest BCUT2D eigenvalue weighted by Crippen LogP contribution is -2.37. The summed E-state index contributed by atoms with van der Waals surface area (Å²) in [5, 5.41) is 9.11. The molecule has 2 N–H and O–H groups in total. The minimum Gasteiger partial charge on any atom is -0.497 e. The number of ether oxygens (including phenoxy) is 3. The Balaban J connectivity index is 1.54. The number of nitrogens with zero attached hydrogens (tertiary/aromatic N) is 7. The van der Waals surface area contributed by atoms with Crippen LogP contribution in [-0.2, 0) is 11.3 Å². The first-order valence-electron chi connectivity index (χ1n) is 13.8. The Labute approximate surface area is 249 Å². The smallest absolute Gasteiger partial charge is 0.411 e. The standard InChI is InChI=1S/C30H36N8O5/c1-30(2,3)43-29(39)38-15-20(12-23(38)28-35-34-24(42-28)16-36(4)5)37-14-19(25-26(31)32-17-33-27(25)37)9-8-18-10-21(40-6)13-22(11-18)41-7/h10-11,13-14,17,20,23H,12,15-16H2,1-7H3,(H2,31,32,33)/t20-,23-/m0/s1. The van der Waals surface area contributed by atoms with Crippen molar-refractivity contribution >= 4 is 22.9 Å². The summed E-state index contributed by atoms with van der Waals surface area (Å²) in [7, 11) is 7.01. The van der Waals surface area contributed by atoms with Gasteiger partial charge in [-0.2, -0.15) is 0 Å². The number of fused-ring (bicyclic) bond motifs is 1. The molecule has 1 aliphatic rings. The van der Waals surface area contributed by atoms with Crippen molar-refractivity contribution in [2.45, 2.75) is 51.4 Å². The van der Waals surface area contributed by atoms with E-state index < -0.39 is 17.7 Å². The zero-order valence-electron chi connectivity index (χ0n) is 25.4. The number of nitrogen functional groups attached to an aromatic ring is 1. The van der Waals surface area contributed by atoms with Gasteiger partial charge in [-0.15, -0.1) is 10.2 Å². The summed E-state index contributed by atoms with van der Waals surface area (Å²) in [5.74, 6) is 8.79. The molecular weight excluding hydrogens is 552 g/mol. The Hall–Kier alpha value is -4.83. The van der Waals surface area contributed by atoms with Crippen molar-refractivity contribution in [3.05, 3.63) is 53.6 Å². The third-order valence-corrected chi connectivity index (χ3v) is 6.85. The van der Waals surface area contributed by atoms with Crippen molar-refractivity contribution in [3.8, 4) is 23.3 Å². The van der Waals surface area contributed by atoms with Crippen LogP contribution < -0.4 is 15.2 Å². The van der Waals surface area contributed by atoms with Crippen LogP contribution in [0.25, 0.3) is 11.0 Å². The van der Waals surface area contributed by atoms with Crippen molar-refractivity contribution in [1.29, 1.82) is 0 Å². The highest BCUT2D eigenvalue weighted by molar-refractivity contribution is 5.92.